The second kappa shape index (κ2) is 8.69. The van der Waals surface area contributed by atoms with Crippen molar-refractivity contribution in [3.8, 4) is 0 Å². The lowest BCUT2D eigenvalue weighted by molar-refractivity contribution is 0.266. The SMILES string of the molecule is CCCc1c(NCC)ncnc1NCC(C)CCO. The predicted octanol–water partition coefficient (Wildman–Crippen LogP) is 2.29. The molecule has 0 aliphatic heterocycles. The summed E-state index contributed by atoms with van der Waals surface area (Å²) in [5.41, 5.74) is 1.16. The minimum absolute atomic E-state index is 0.233. The Kier molecular flexibility index (Phi) is 7.18. The zero-order valence-electron chi connectivity index (χ0n) is 12.2. The highest BCUT2D eigenvalue weighted by atomic mass is 16.3. The molecule has 1 aromatic rings. The molecule has 0 fully saturated rings. The van der Waals surface area contributed by atoms with Gasteiger partial charge in [-0.1, -0.05) is 20.3 Å². The summed E-state index contributed by atoms with van der Waals surface area (Å²) in [6.45, 7) is 8.25. The van der Waals surface area contributed by atoms with E-state index in [1.165, 1.54) is 0 Å². The first kappa shape index (κ1) is 15.7. The molecule has 1 aromatic heterocycles. The summed E-state index contributed by atoms with van der Waals surface area (Å²) in [6.07, 6.45) is 4.42. The topological polar surface area (TPSA) is 70.1 Å². The van der Waals surface area contributed by atoms with Crippen LogP contribution in [0.4, 0.5) is 11.6 Å². The van der Waals surface area contributed by atoms with Crippen LogP contribution in [0, 0.1) is 5.92 Å². The van der Waals surface area contributed by atoms with Gasteiger partial charge in [0.1, 0.15) is 18.0 Å². The van der Waals surface area contributed by atoms with Crippen molar-refractivity contribution in [2.24, 2.45) is 5.92 Å². The molecule has 3 N–H and O–H groups in total. The van der Waals surface area contributed by atoms with E-state index in [1.54, 1.807) is 6.33 Å². The lowest BCUT2D eigenvalue weighted by Gasteiger charge is -2.16. The Hall–Kier alpha value is -1.36. The van der Waals surface area contributed by atoms with Crippen LogP contribution in [-0.2, 0) is 6.42 Å². The molecule has 1 heterocycles. The van der Waals surface area contributed by atoms with Crippen molar-refractivity contribution in [1.82, 2.24) is 9.97 Å². The maximum Gasteiger partial charge on any atom is 0.134 e. The standard InChI is InChI=1S/C14H26N4O/c1-4-6-12-13(15-5-2)17-10-18-14(12)16-9-11(3)7-8-19/h10-11,19H,4-9H2,1-3H3,(H2,15,16,17,18). The summed E-state index contributed by atoms with van der Waals surface area (Å²) in [5, 5.41) is 15.6. The lowest BCUT2D eigenvalue weighted by atomic mass is 10.1. The number of hydrogen-bond acceptors (Lipinski definition) is 5. The van der Waals surface area contributed by atoms with Crippen LogP contribution < -0.4 is 10.6 Å². The lowest BCUT2D eigenvalue weighted by Crippen LogP contribution is -2.16. The third-order valence-electron chi connectivity index (χ3n) is 3.03. The number of nitrogens with zero attached hydrogens (tertiary/aromatic N) is 2. The molecule has 1 unspecified atom stereocenters. The Balaban J connectivity index is 2.77. The van der Waals surface area contributed by atoms with E-state index in [0.29, 0.717) is 5.92 Å². The largest absolute Gasteiger partial charge is 0.396 e. The van der Waals surface area contributed by atoms with E-state index < -0.39 is 0 Å². The molecule has 108 valence electrons. The Morgan fingerprint density at radius 3 is 2.47 bits per heavy atom. The normalized spacial score (nSPS) is 12.2. The quantitative estimate of drug-likeness (QED) is 0.640. The second-order valence-electron chi connectivity index (χ2n) is 4.83. The highest BCUT2D eigenvalue weighted by molar-refractivity contribution is 5.57. The molecule has 1 rings (SSSR count). The van der Waals surface area contributed by atoms with Crippen molar-refractivity contribution >= 4 is 11.6 Å². The molecule has 0 saturated carbocycles. The van der Waals surface area contributed by atoms with Crippen LogP contribution in [0.25, 0.3) is 0 Å². The Bertz CT molecular complexity index is 370. The minimum Gasteiger partial charge on any atom is -0.396 e. The predicted molar refractivity (Wildman–Crippen MR) is 79.5 cm³/mol. The Labute approximate surface area is 115 Å². The van der Waals surface area contributed by atoms with Gasteiger partial charge in [-0.3, -0.25) is 0 Å². The van der Waals surface area contributed by atoms with Gasteiger partial charge >= 0.3 is 0 Å². The molecule has 0 radical (unpaired) electrons. The van der Waals surface area contributed by atoms with Gasteiger partial charge in [0, 0.05) is 25.3 Å². The highest BCUT2D eigenvalue weighted by Gasteiger charge is 2.11. The maximum absolute atomic E-state index is 8.92. The van der Waals surface area contributed by atoms with Crippen molar-refractivity contribution in [3.63, 3.8) is 0 Å². The average molecular weight is 266 g/mol. The first-order valence-corrected chi connectivity index (χ1v) is 7.15. The monoisotopic (exact) mass is 266 g/mol. The smallest absolute Gasteiger partial charge is 0.134 e. The zero-order chi connectivity index (χ0) is 14.1. The summed E-state index contributed by atoms with van der Waals surface area (Å²) in [4.78, 5) is 8.66. The van der Waals surface area contributed by atoms with Gasteiger partial charge in [0.05, 0.1) is 0 Å². The van der Waals surface area contributed by atoms with Crippen LogP contribution in [-0.4, -0.2) is 34.8 Å². The number of aliphatic hydroxyl groups is 1. The summed E-state index contributed by atoms with van der Waals surface area (Å²) in [6, 6.07) is 0. The van der Waals surface area contributed by atoms with Gasteiger partial charge in [-0.25, -0.2) is 9.97 Å². The minimum atomic E-state index is 0.233. The maximum atomic E-state index is 8.92. The summed E-state index contributed by atoms with van der Waals surface area (Å²) < 4.78 is 0. The van der Waals surface area contributed by atoms with Crippen LogP contribution in [0.1, 0.15) is 39.2 Å². The summed E-state index contributed by atoms with van der Waals surface area (Å²) in [7, 11) is 0. The van der Waals surface area contributed by atoms with Gasteiger partial charge < -0.3 is 15.7 Å². The van der Waals surface area contributed by atoms with Gasteiger partial charge in [0.25, 0.3) is 0 Å². The highest BCUT2D eigenvalue weighted by Crippen LogP contribution is 2.21. The number of hydrogen-bond donors (Lipinski definition) is 3. The van der Waals surface area contributed by atoms with Crippen molar-refractivity contribution in [1.29, 1.82) is 0 Å². The zero-order valence-corrected chi connectivity index (χ0v) is 12.2. The molecule has 19 heavy (non-hydrogen) atoms. The molecule has 0 spiro atoms. The molecule has 0 aliphatic rings. The Morgan fingerprint density at radius 1 is 1.21 bits per heavy atom. The summed E-state index contributed by atoms with van der Waals surface area (Å²) in [5.74, 6) is 2.27. The van der Waals surface area contributed by atoms with Gasteiger partial charge in [-0.05, 0) is 25.7 Å². The van der Waals surface area contributed by atoms with Crippen LogP contribution in [0.5, 0.6) is 0 Å². The van der Waals surface area contributed by atoms with Crippen molar-refractivity contribution < 1.29 is 5.11 Å². The van der Waals surface area contributed by atoms with E-state index in [2.05, 4.69) is 41.4 Å². The third kappa shape index (κ3) is 5.03. The van der Waals surface area contributed by atoms with Gasteiger partial charge in [0.15, 0.2) is 0 Å². The van der Waals surface area contributed by atoms with Crippen molar-refractivity contribution in [2.75, 3.05) is 30.3 Å². The third-order valence-corrected chi connectivity index (χ3v) is 3.03. The second-order valence-corrected chi connectivity index (χ2v) is 4.83. The molecular formula is C14H26N4O. The van der Waals surface area contributed by atoms with E-state index in [9.17, 15) is 0 Å². The molecule has 5 heteroatoms. The van der Waals surface area contributed by atoms with Crippen LogP contribution in [0.15, 0.2) is 6.33 Å². The van der Waals surface area contributed by atoms with E-state index >= 15 is 0 Å². The molecule has 0 aromatic carbocycles. The molecule has 0 amide bonds. The van der Waals surface area contributed by atoms with Crippen LogP contribution >= 0.6 is 0 Å². The summed E-state index contributed by atoms with van der Waals surface area (Å²) >= 11 is 0. The van der Waals surface area contributed by atoms with Gasteiger partial charge in [0.2, 0.25) is 0 Å². The fourth-order valence-electron chi connectivity index (χ4n) is 1.96. The molecule has 0 aliphatic carbocycles. The molecule has 1 atom stereocenters. The average Bonchev–Trinajstić information content (AvgIpc) is 2.40. The Morgan fingerprint density at radius 2 is 1.89 bits per heavy atom. The van der Waals surface area contributed by atoms with Gasteiger partial charge in [-0.2, -0.15) is 0 Å². The molecular weight excluding hydrogens is 240 g/mol. The van der Waals surface area contributed by atoms with Crippen LogP contribution in [0.3, 0.4) is 0 Å². The number of rotatable bonds is 9. The molecule has 0 bridgehead atoms. The first-order valence-electron chi connectivity index (χ1n) is 7.15. The van der Waals surface area contributed by atoms with E-state index in [4.69, 9.17) is 5.11 Å². The number of anilines is 2. The number of aliphatic hydroxyl groups excluding tert-OH is 1. The fourth-order valence-corrected chi connectivity index (χ4v) is 1.96. The number of aromatic nitrogens is 2. The first-order chi connectivity index (χ1) is 9.22. The van der Waals surface area contributed by atoms with Gasteiger partial charge in [-0.15, -0.1) is 0 Å². The van der Waals surface area contributed by atoms with E-state index in [0.717, 1.165) is 49.6 Å². The number of nitrogens with one attached hydrogen (secondary N) is 2. The van der Waals surface area contributed by atoms with Crippen LogP contribution in [0.2, 0.25) is 0 Å². The molecule has 5 nitrogen and oxygen atoms in total. The van der Waals surface area contributed by atoms with Crippen molar-refractivity contribution in [3.05, 3.63) is 11.9 Å². The molecule has 0 saturated heterocycles. The van der Waals surface area contributed by atoms with E-state index in [-0.39, 0.29) is 6.61 Å². The van der Waals surface area contributed by atoms with E-state index in [1.807, 2.05) is 0 Å². The fraction of sp³-hybridized carbons (Fsp3) is 0.714. The van der Waals surface area contributed by atoms with Crippen molar-refractivity contribution in [2.45, 2.75) is 40.0 Å².